The van der Waals surface area contributed by atoms with Crippen LogP contribution in [0.4, 0.5) is 0 Å². The third-order valence-corrected chi connectivity index (χ3v) is 3.65. The highest BCUT2D eigenvalue weighted by Gasteiger charge is 2.30. The van der Waals surface area contributed by atoms with Gasteiger partial charge in [-0.05, 0) is 12.5 Å². The Hall–Kier alpha value is -1.00. The number of carboxylic acid groups (broad SMARTS) is 1. The molecule has 1 aromatic carbocycles. The van der Waals surface area contributed by atoms with Gasteiger partial charge >= 0.3 is 5.97 Å². The van der Waals surface area contributed by atoms with E-state index in [9.17, 15) is 4.79 Å². The molecule has 15 heavy (non-hydrogen) atoms. The van der Waals surface area contributed by atoms with Crippen LogP contribution in [0, 0.1) is 6.92 Å². The van der Waals surface area contributed by atoms with Crippen LogP contribution in [-0.2, 0) is 4.79 Å². The molecule has 1 heterocycles. The van der Waals surface area contributed by atoms with E-state index < -0.39 is 11.3 Å². The van der Waals surface area contributed by atoms with Gasteiger partial charge in [-0.1, -0.05) is 29.8 Å². The molecule has 0 radical (unpaired) electrons. The quantitative estimate of drug-likeness (QED) is 0.802. The van der Waals surface area contributed by atoms with E-state index in [4.69, 9.17) is 5.11 Å². The monoisotopic (exact) mass is 223 g/mol. The summed E-state index contributed by atoms with van der Waals surface area (Å²) in [5.41, 5.74) is 2.38. The topological polar surface area (TPSA) is 49.3 Å². The van der Waals surface area contributed by atoms with Gasteiger partial charge < -0.3 is 5.11 Å². The predicted molar refractivity (Wildman–Crippen MR) is 60.9 cm³/mol. The van der Waals surface area contributed by atoms with Crippen molar-refractivity contribution in [1.82, 2.24) is 5.32 Å². The average Bonchev–Trinajstić information content (AvgIpc) is 2.66. The molecule has 1 aliphatic heterocycles. The van der Waals surface area contributed by atoms with Gasteiger partial charge in [-0.25, -0.2) is 4.79 Å². The Morgan fingerprint density at radius 3 is 3.00 bits per heavy atom. The van der Waals surface area contributed by atoms with Crippen LogP contribution in [0.25, 0.3) is 0 Å². The zero-order valence-corrected chi connectivity index (χ0v) is 9.25. The van der Waals surface area contributed by atoms with Gasteiger partial charge in [0.15, 0.2) is 5.37 Å². The molecule has 3 nitrogen and oxygen atoms in total. The lowest BCUT2D eigenvalue weighted by Crippen LogP contribution is -2.30. The van der Waals surface area contributed by atoms with Crippen molar-refractivity contribution in [2.24, 2.45) is 0 Å². The minimum atomic E-state index is -0.782. The summed E-state index contributed by atoms with van der Waals surface area (Å²) < 4.78 is 0. The standard InChI is InChI=1S/C11H13NO2S/c1-7-3-2-4-8(5-7)9-6-15-10(12-9)11(13)14/h2-5,9-10,12H,6H2,1H3,(H,13,14). The van der Waals surface area contributed by atoms with E-state index in [-0.39, 0.29) is 6.04 Å². The van der Waals surface area contributed by atoms with Crippen LogP contribution < -0.4 is 5.32 Å². The van der Waals surface area contributed by atoms with E-state index in [1.165, 1.54) is 22.9 Å². The van der Waals surface area contributed by atoms with Crippen LogP contribution in [0.3, 0.4) is 0 Å². The summed E-state index contributed by atoms with van der Waals surface area (Å²) in [7, 11) is 0. The lowest BCUT2D eigenvalue weighted by molar-refractivity contribution is -0.136. The van der Waals surface area contributed by atoms with Crippen molar-refractivity contribution < 1.29 is 9.90 Å². The van der Waals surface area contributed by atoms with E-state index in [0.29, 0.717) is 0 Å². The number of carbonyl (C=O) groups is 1. The minimum absolute atomic E-state index is 0.163. The van der Waals surface area contributed by atoms with Gasteiger partial charge in [0.05, 0.1) is 0 Å². The highest BCUT2D eigenvalue weighted by atomic mass is 32.2. The van der Waals surface area contributed by atoms with Crippen molar-refractivity contribution in [1.29, 1.82) is 0 Å². The van der Waals surface area contributed by atoms with E-state index in [2.05, 4.69) is 11.4 Å². The number of benzene rings is 1. The Balaban J connectivity index is 2.11. The fourth-order valence-electron chi connectivity index (χ4n) is 1.69. The molecule has 0 bridgehead atoms. The van der Waals surface area contributed by atoms with Crippen LogP contribution in [0.15, 0.2) is 24.3 Å². The average molecular weight is 223 g/mol. The molecule has 1 fully saturated rings. The molecule has 1 aromatic rings. The summed E-state index contributed by atoms with van der Waals surface area (Å²) in [6, 6.07) is 8.35. The van der Waals surface area contributed by atoms with Crippen LogP contribution in [0.1, 0.15) is 17.2 Å². The highest BCUT2D eigenvalue weighted by Crippen LogP contribution is 2.29. The number of nitrogens with one attached hydrogen (secondary N) is 1. The molecule has 2 atom stereocenters. The molecule has 2 rings (SSSR count). The summed E-state index contributed by atoms with van der Waals surface area (Å²) in [4.78, 5) is 10.8. The Morgan fingerprint density at radius 2 is 2.40 bits per heavy atom. The van der Waals surface area contributed by atoms with E-state index >= 15 is 0 Å². The number of aryl methyl sites for hydroxylation is 1. The molecule has 80 valence electrons. The van der Waals surface area contributed by atoms with Crippen molar-refractivity contribution in [2.75, 3.05) is 5.75 Å². The van der Waals surface area contributed by atoms with Crippen molar-refractivity contribution in [3.8, 4) is 0 Å². The maximum absolute atomic E-state index is 10.8. The second kappa shape index (κ2) is 4.24. The Bertz CT molecular complexity index is 381. The normalized spacial score (nSPS) is 25.4. The second-order valence-electron chi connectivity index (χ2n) is 3.69. The Morgan fingerprint density at radius 1 is 1.60 bits per heavy atom. The SMILES string of the molecule is Cc1cccc(C2CSC(C(=O)O)N2)c1. The molecule has 2 unspecified atom stereocenters. The maximum atomic E-state index is 10.8. The second-order valence-corrected chi connectivity index (χ2v) is 4.82. The fourth-order valence-corrected chi connectivity index (χ4v) is 2.77. The van der Waals surface area contributed by atoms with Crippen LogP contribution in [0.5, 0.6) is 0 Å². The van der Waals surface area contributed by atoms with E-state index in [0.717, 1.165) is 5.75 Å². The number of aliphatic carboxylic acids is 1. The fraction of sp³-hybridized carbons (Fsp3) is 0.364. The smallest absolute Gasteiger partial charge is 0.331 e. The highest BCUT2D eigenvalue weighted by molar-refractivity contribution is 8.00. The molecule has 1 aliphatic rings. The minimum Gasteiger partial charge on any atom is -0.479 e. The van der Waals surface area contributed by atoms with Crippen LogP contribution >= 0.6 is 11.8 Å². The van der Waals surface area contributed by atoms with Crippen molar-refractivity contribution in [3.05, 3.63) is 35.4 Å². The van der Waals surface area contributed by atoms with Crippen molar-refractivity contribution >= 4 is 17.7 Å². The van der Waals surface area contributed by atoms with Crippen LogP contribution in [-0.4, -0.2) is 22.2 Å². The summed E-state index contributed by atoms with van der Waals surface area (Å²) in [6.07, 6.45) is 0. The first-order chi connectivity index (χ1) is 7.16. The van der Waals surface area contributed by atoms with Gasteiger partial charge in [0.1, 0.15) is 0 Å². The number of hydrogen-bond donors (Lipinski definition) is 2. The summed E-state index contributed by atoms with van der Waals surface area (Å²) >= 11 is 1.45. The summed E-state index contributed by atoms with van der Waals surface area (Å²) in [5, 5.41) is 11.5. The van der Waals surface area contributed by atoms with Gasteiger partial charge in [0.25, 0.3) is 0 Å². The first-order valence-corrected chi connectivity index (χ1v) is 5.89. The molecule has 0 spiro atoms. The van der Waals surface area contributed by atoms with Gasteiger partial charge in [-0.3, -0.25) is 5.32 Å². The molecule has 0 amide bonds. The molecular weight excluding hydrogens is 210 g/mol. The van der Waals surface area contributed by atoms with Gasteiger partial charge in [0, 0.05) is 11.8 Å². The Kier molecular flexibility index (Phi) is 2.98. The summed E-state index contributed by atoms with van der Waals surface area (Å²) in [6.45, 7) is 2.04. The van der Waals surface area contributed by atoms with Crippen LogP contribution in [0.2, 0.25) is 0 Å². The lowest BCUT2D eigenvalue weighted by atomic mass is 10.1. The van der Waals surface area contributed by atoms with E-state index in [1.54, 1.807) is 0 Å². The van der Waals surface area contributed by atoms with E-state index in [1.807, 2.05) is 25.1 Å². The first-order valence-electron chi connectivity index (χ1n) is 4.84. The predicted octanol–water partition coefficient (Wildman–Crippen LogP) is 1.78. The number of rotatable bonds is 2. The molecule has 0 aromatic heterocycles. The molecule has 2 N–H and O–H groups in total. The largest absolute Gasteiger partial charge is 0.479 e. The maximum Gasteiger partial charge on any atom is 0.331 e. The number of thioether (sulfide) groups is 1. The third-order valence-electron chi connectivity index (χ3n) is 2.45. The molecular formula is C11H13NO2S. The summed E-state index contributed by atoms with van der Waals surface area (Å²) in [5.74, 6) is 0.0376. The molecule has 0 aliphatic carbocycles. The zero-order chi connectivity index (χ0) is 10.8. The van der Waals surface area contributed by atoms with Gasteiger partial charge in [-0.15, -0.1) is 11.8 Å². The Labute approximate surface area is 92.9 Å². The number of hydrogen-bond acceptors (Lipinski definition) is 3. The molecule has 1 saturated heterocycles. The first kappa shape index (κ1) is 10.5. The van der Waals surface area contributed by atoms with Crippen molar-refractivity contribution in [3.63, 3.8) is 0 Å². The third kappa shape index (κ3) is 2.33. The molecule has 0 saturated carbocycles. The molecule has 4 heteroatoms. The van der Waals surface area contributed by atoms with Gasteiger partial charge in [0.2, 0.25) is 0 Å². The zero-order valence-electron chi connectivity index (χ0n) is 8.43. The lowest BCUT2D eigenvalue weighted by Gasteiger charge is -2.11. The van der Waals surface area contributed by atoms with Gasteiger partial charge in [-0.2, -0.15) is 0 Å². The van der Waals surface area contributed by atoms with Crippen molar-refractivity contribution in [2.45, 2.75) is 18.3 Å². The number of carboxylic acids is 1.